The molecule has 0 aromatic heterocycles. The van der Waals surface area contributed by atoms with E-state index < -0.39 is 12.1 Å². The van der Waals surface area contributed by atoms with E-state index in [2.05, 4.69) is 9.73 Å². The molecule has 0 spiro atoms. The molecule has 0 atom stereocenters. The maximum Gasteiger partial charge on any atom is 0.434 e. The lowest BCUT2D eigenvalue weighted by Gasteiger charge is -2.10. The Kier molecular flexibility index (Phi) is 6.39. The van der Waals surface area contributed by atoms with Crippen LogP contribution in [0.5, 0.6) is 0 Å². The first kappa shape index (κ1) is 15.8. The van der Waals surface area contributed by atoms with Crippen molar-refractivity contribution >= 4 is 17.8 Å². The lowest BCUT2D eigenvalue weighted by Crippen LogP contribution is -2.30. The summed E-state index contributed by atoms with van der Waals surface area (Å²) in [5.41, 5.74) is 0.860. The number of nitrogens with zero attached hydrogens (tertiary/aromatic N) is 2. The predicted molar refractivity (Wildman–Crippen MR) is 74.6 cm³/mol. The van der Waals surface area contributed by atoms with Crippen LogP contribution in [0.15, 0.2) is 35.3 Å². The molecule has 0 radical (unpaired) electrons. The van der Waals surface area contributed by atoms with E-state index in [4.69, 9.17) is 4.74 Å². The van der Waals surface area contributed by atoms with Crippen molar-refractivity contribution < 1.29 is 19.1 Å². The smallest absolute Gasteiger partial charge is 0.434 e. The number of aliphatic imine (C=N–C) groups is 1. The molecule has 6 heteroatoms. The first-order chi connectivity index (χ1) is 9.52. The summed E-state index contributed by atoms with van der Waals surface area (Å²) in [7, 11) is 4.75. The molecule has 0 saturated carbocycles. The summed E-state index contributed by atoms with van der Waals surface area (Å²) in [6.07, 6.45) is -0.809. The molecule has 0 heterocycles. The zero-order chi connectivity index (χ0) is 15.0. The molecule has 0 bridgehead atoms. The van der Waals surface area contributed by atoms with Crippen LogP contribution in [0, 0.1) is 0 Å². The number of benzene rings is 1. The summed E-state index contributed by atoms with van der Waals surface area (Å²) >= 11 is 0. The van der Waals surface area contributed by atoms with Crippen molar-refractivity contribution in [2.24, 2.45) is 4.99 Å². The van der Waals surface area contributed by atoms with Gasteiger partial charge >= 0.3 is 12.1 Å². The van der Waals surface area contributed by atoms with Crippen LogP contribution in [0.1, 0.15) is 5.56 Å². The third-order valence-electron chi connectivity index (χ3n) is 2.32. The Morgan fingerprint density at radius 1 is 1.20 bits per heavy atom. The second-order valence-corrected chi connectivity index (χ2v) is 4.33. The van der Waals surface area contributed by atoms with Crippen LogP contribution >= 0.6 is 0 Å². The molecule has 108 valence electrons. The Labute approximate surface area is 118 Å². The highest BCUT2D eigenvalue weighted by Gasteiger charge is 2.15. The Morgan fingerprint density at radius 2 is 1.85 bits per heavy atom. The fraction of sp³-hybridized carbons (Fsp3) is 0.357. The SMILES string of the molecule is COC(=O)C(CN(C)C)=NC(=O)OCc1ccccc1. The van der Waals surface area contributed by atoms with Gasteiger partial charge in [0.1, 0.15) is 12.3 Å². The first-order valence-electron chi connectivity index (χ1n) is 6.04. The lowest BCUT2D eigenvalue weighted by atomic mass is 10.2. The van der Waals surface area contributed by atoms with E-state index in [9.17, 15) is 9.59 Å². The number of esters is 1. The lowest BCUT2D eigenvalue weighted by molar-refractivity contribution is -0.132. The fourth-order valence-corrected chi connectivity index (χ4v) is 1.42. The molecule has 1 amide bonds. The van der Waals surface area contributed by atoms with E-state index >= 15 is 0 Å². The van der Waals surface area contributed by atoms with Gasteiger partial charge < -0.3 is 14.4 Å². The molecule has 0 aliphatic heterocycles. The molecule has 20 heavy (non-hydrogen) atoms. The van der Waals surface area contributed by atoms with Crippen molar-refractivity contribution in [1.29, 1.82) is 0 Å². The highest BCUT2D eigenvalue weighted by molar-refractivity contribution is 6.38. The highest BCUT2D eigenvalue weighted by atomic mass is 16.5. The first-order valence-corrected chi connectivity index (χ1v) is 6.04. The monoisotopic (exact) mass is 278 g/mol. The van der Waals surface area contributed by atoms with Gasteiger partial charge in [0.05, 0.1) is 7.11 Å². The molecule has 0 saturated heterocycles. The van der Waals surface area contributed by atoms with Gasteiger partial charge in [-0.05, 0) is 19.7 Å². The standard InChI is InChI=1S/C14H18N2O4/c1-16(2)9-12(13(17)19-3)15-14(18)20-10-11-7-5-4-6-8-11/h4-8H,9-10H2,1-3H3. The quantitative estimate of drug-likeness (QED) is 0.603. The number of carbonyl (C=O) groups excluding carboxylic acids is 2. The van der Waals surface area contributed by atoms with E-state index in [0.717, 1.165) is 5.56 Å². The molecule has 0 aliphatic carbocycles. The number of ether oxygens (including phenoxy) is 2. The van der Waals surface area contributed by atoms with Crippen molar-refractivity contribution in [2.75, 3.05) is 27.7 Å². The summed E-state index contributed by atoms with van der Waals surface area (Å²) in [6.45, 7) is 0.312. The molecule has 0 fully saturated rings. The molecule has 0 unspecified atom stereocenters. The van der Waals surface area contributed by atoms with Crippen molar-refractivity contribution in [3.63, 3.8) is 0 Å². The van der Waals surface area contributed by atoms with Crippen molar-refractivity contribution in [2.45, 2.75) is 6.61 Å². The van der Waals surface area contributed by atoms with Crippen LogP contribution in [0.3, 0.4) is 0 Å². The third-order valence-corrected chi connectivity index (χ3v) is 2.32. The Balaban J connectivity index is 2.63. The summed E-state index contributed by atoms with van der Waals surface area (Å²) in [5, 5.41) is 0. The fourth-order valence-electron chi connectivity index (χ4n) is 1.42. The van der Waals surface area contributed by atoms with Gasteiger partial charge in [0.25, 0.3) is 0 Å². The van der Waals surface area contributed by atoms with Gasteiger partial charge in [-0.2, -0.15) is 4.99 Å². The maximum atomic E-state index is 11.6. The average Bonchev–Trinajstić information content (AvgIpc) is 2.44. The number of hydrogen-bond acceptors (Lipinski definition) is 5. The number of carbonyl (C=O) groups is 2. The zero-order valence-electron chi connectivity index (χ0n) is 11.8. The van der Waals surface area contributed by atoms with Gasteiger partial charge in [-0.15, -0.1) is 0 Å². The van der Waals surface area contributed by atoms with E-state index in [1.54, 1.807) is 19.0 Å². The van der Waals surface area contributed by atoms with Crippen LogP contribution in [-0.4, -0.2) is 50.4 Å². The molecular weight excluding hydrogens is 260 g/mol. The Hall–Kier alpha value is -2.21. The number of amides is 1. The minimum atomic E-state index is -0.809. The van der Waals surface area contributed by atoms with E-state index in [1.807, 2.05) is 30.3 Å². The van der Waals surface area contributed by atoms with Crippen molar-refractivity contribution in [3.8, 4) is 0 Å². The summed E-state index contributed by atoms with van der Waals surface area (Å²) in [5.74, 6) is -0.643. The van der Waals surface area contributed by atoms with Crippen LogP contribution in [0.25, 0.3) is 0 Å². The van der Waals surface area contributed by atoms with Gasteiger partial charge in [0.15, 0.2) is 0 Å². The van der Waals surface area contributed by atoms with E-state index in [0.29, 0.717) is 0 Å². The molecule has 6 nitrogen and oxygen atoms in total. The van der Waals surface area contributed by atoms with Gasteiger partial charge in [0, 0.05) is 6.54 Å². The van der Waals surface area contributed by atoms with Crippen LogP contribution in [-0.2, 0) is 20.9 Å². The highest BCUT2D eigenvalue weighted by Crippen LogP contribution is 2.02. The topological polar surface area (TPSA) is 68.2 Å². The van der Waals surface area contributed by atoms with Crippen molar-refractivity contribution in [3.05, 3.63) is 35.9 Å². The number of hydrogen-bond donors (Lipinski definition) is 0. The second kappa shape index (κ2) is 8.06. The van der Waals surface area contributed by atoms with Crippen LogP contribution in [0.2, 0.25) is 0 Å². The minimum absolute atomic E-state index is 0.00978. The minimum Gasteiger partial charge on any atom is -0.464 e. The molecule has 1 rings (SSSR count). The van der Waals surface area contributed by atoms with Crippen LogP contribution < -0.4 is 0 Å². The summed E-state index contributed by atoms with van der Waals surface area (Å²) < 4.78 is 9.55. The van der Waals surface area contributed by atoms with Gasteiger partial charge in [0.2, 0.25) is 0 Å². The summed E-state index contributed by atoms with van der Waals surface area (Å²) in [4.78, 5) is 28.4. The zero-order valence-corrected chi connectivity index (χ0v) is 11.8. The third kappa shape index (κ3) is 5.62. The molecule has 0 aliphatic rings. The molecule has 1 aromatic carbocycles. The van der Waals surface area contributed by atoms with Crippen molar-refractivity contribution in [1.82, 2.24) is 4.90 Å². The normalized spacial score (nSPS) is 11.3. The Bertz CT molecular complexity index is 483. The van der Waals surface area contributed by atoms with Gasteiger partial charge in [-0.3, -0.25) is 0 Å². The van der Waals surface area contributed by atoms with E-state index in [1.165, 1.54) is 7.11 Å². The second-order valence-electron chi connectivity index (χ2n) is 4.33. The average molecular weight is 278 g/mol. The van der Waals surface area contributed by atoms with Crippen LogP contribution in [0.4, 0.5) is 4.79 Å². The summed E-state index contributed by atoms with van der Waals surface area (Å²) in [6, 6.07) is 9.22. The maximum absolute atomic E-state index is 11.6. The number of rotatable bonds is 5. The largest absolute Gasteiger partial charge is 0.464 e. The van der Waals surface area contributed by atoms with E-state index in [-0.39, 0.29) is 18.9 Å². The molecule has 0 N–H and O–H groups in total. The molecule has 1 aromatic rings. The van der Waals surface area contributed by atoms with Gasteiger partial charge in [-0.1, -0.05) is 30.3 Å². The van der Waals surface area contributed by atoms with Gasteiger partial charge in [-0.25, -0.2) is 9.59 Å². The number of methoxy groups -OCH3 is 1. The molecular formula is C14H18N2O4. The predicted octanol–water partition coefficient (Wildman–Crippen LogP) is 1.50. The Morgan fingerprint density at radius 3 is 2.40 bits per heavy atom.